The van der Waals surface area contributed by atoms with Crippen molar-refractivity contribution in [3.63, 3.8) is 0 Å². The summed E-state index contributed by atoms with van der Waals surface area (Å²) in [6.45, 7) is 3.68. The summed E-state index contributed by atoms with van der Waals surface area (Å²) in [5.74, 6) is 1.24. The largest absolute Gasteiger partial charge is 0.300 e. The Labute approximate surface area is 87.6 Å². The topological polar surface area (TPSA) is 17.1 Å². The second-order valence-electron chi connectivity index (χ2n) is 4.43. The van der Waals surface area contributed by atoms with Gasteiger partial charge >= 0.3 is 0 Å². The van der Waals surface area contributed by atoms with Crippen LogP contribution in [0.5, 0.6) is 0 Å². The predicted octanol–water partition coefficient (Wildman–Crippen LogP) is 3.88. The monoisotopic (exact) mass is 194 g/mol. The highest BCUT2D eigenvalue weighted by Gasteiger charge is 2.19. The normalized spacial score (nSPS) is 16.3. The summed E-state index contributed by atoms with van der Waals surface area (Å²) in [6, 6.07) is 0. The molecule has 1 heteroatoms. The van der Waals surface area contributed by atoms with Crippen LogP contribution < -0.4 is 0 Å². The number of unbranched alkanes of at least 4 members (excludes halogenated alkanes) is 3. The number of allylic oxidation sites excluding steroid dienone is 1. The van der Waals surface area contributed by atoms with E-state index < -0.39 is 0 Å². The highest BCUT2D eigenvalue weighted by Crippen LogP contribution is 2.30. The Hall–Kier alpha value is -0.590. The number of hydrogen-bond donors (Lipinski definition) is 0. The summed E-state index contributed by atoms with van der Waals surface area (Å²) in [5, 5.41) is 0. The van der Waals surface area contributed by atoms with Gasteiger partial charge in [0.1, 0.15) is 5.78 Å². The molecule has 0 aromatic carbocycles. The molecule has 0 aromatic rings. The van der Waals surface area contributed by atoms with Gasteiger partial charge in [0.25, 0.3) is 0 Å². The third kappa shape index (κ3) is 4.59. The molecule has 1 aliphatic carbocycles. The van der Waals surface area contributed by atoms with E-state index in [1.165, 1.54) is 32.1 Å². The van der Waals surface area contributed by atoms with Crippen molar-refractivity contribution in [2.75, 3.05) is 0 Å². The van der Waals surface area contributed by atoms with Crippen LogP contribution in [0.1, 0.15) is 57.8 Å². The molecule has 0 spiro atoms. The summed E-state index contributed by atoms with van der Waals surface area (Å²) in [5.41, 5.74) is 0. The summed E-state index contributed by atoms with van der Waals surface area (Å²) in [7, 11) is 0. The molecule has 1 saturated carbocycles. The van der Waals surface area contributed by atoms with Crippen molar-refractivity contribution < 1.29 is 4.79 Å². The van der Waals surface area contributed by atoms with E-state index in [1.807, 2.05) is 6.08 Å². The molecule has 0 aliphatic heterocycles. The molecule has 0 saturated heterocycles. The number of carbonyl (C=O) groups excluding carboxylic acids is 1. The minimum atomic E-state index is 0.494. The lowest BCUT2D eigenvalue weighted by Crippen LogP contribution is -2.15. The van der Waals surface area contributed by atoms with E-state index in [4.69, 9.17) is 0 Å². The molecule has 1 nitrogen and oxygen atoms in total. The molecule has 0 bridgehead atoms. The highest BCUT2D eigenvalue weighted by molar-refractivity contribution is 5.78. The first-order valence-electron chi connectivity index (χ1n) is 5.95. The zero-order valence-electron chi connectivity index (χ0n) is 9.13. The van der Waals surface area contributed by atoms with Crippen LogP contribution in [-0.4, -0.2) is 5.78 Å². The van der Waals surface area contributed by atoms with Gasteiger partial charge in [-0.15, -0.1) is 6.58 Å². The number of carbonyl (C=O) groups is 1. The minimum Gasteiger partial charge on any atom is -0.300 e. The Morgan fingerprint density at radius 2 is 2.07 bits per heavy atom. The van der Waals surface area contributed by atoms with Crippen LogP contribution in [0.4, 0.5) is 0 Å². The molecule has 1 aliphatic rings. The molecule has 0 aromatic heterocycles. The fourth-order valence-corrected chi connectivity index (χ4v) is 1.91. The first kappa shape index (κ1) is 11.5. The molecular weight excluding hydrogens is 172 g/mol. The van der Waals surface area contributed by atoms with Gasteiger partial charge in [0.2, 0.25) is 0 Å². The second-order valence-corrected chi connectivity index (χ2v) is 4.43. The molecule has 1 rings (SSSR count). The Morgan fingerprint density at radius 1 is 1.29 bits per heavy atom. The van der Waals surface area contributed by atoms with Gasteiger partial charge in [-0.2, -0.15) is 0 Å². The average molecular weight is 194 g/mol. The van der Waals surface area contributed by atoms with Gasteiger partial charge in [-0.1, -0.05) is 31.8 Å². The molecule has 0 atom stereocenters. The third-order valence-corrected chi connectivity index (χ3v) is 3.10. The standard InChI is InChI=1S/C13H22O/c1-2-3-4-5-6-10-13(14)11-12-8-7-9-12/h2,12H,1,3-11H2. The van der Waals surface area contributed by atoms with Crippen molar-refractivity contribution in [3.8, 4) is 0 Å². The molecule has 0 unspecified atom stereocenters. The van der Waals surface area contributed by atoms with Crippen LogP contribution in [0, 0.1) is 5.92 Å². The Balaban J connectivity index is 1.89. The van der Waals surface area contributed by atoms with Gasteiger partial charge in [-0.3, -0.25) is 4.79 Å². The lowest BCUT2D eigenvalue weighted by Gasteiger charge is -2.24. The van der Waals surface area contributed by atoms with E-state index in [2.05, 4.69) is 6.58 Å². The molecule has 0 N–H and O–H groups in total. The van der Waals surface area contributed by atoms with Crippen molar-refractivity contribution in [2.45, 2.75) is 57.8 Å². The Morgan fingerprint density at radius 3 is 2.64 bits per heavy atom. The van der Waals surface area contributed by atoms with Gasteiger partial charge < -0.3 is 0 Å². The van der Waals surface area contributed by atoms with Crippen LogP contribution in [0.3, 0.4) is 0 Å². The van der Waals surface area contributed by atoms with Crippen LogP contribution in [-0.2, 0) is 4.79 Å². The quantitative estimate of drug-likeness (QED) is 0.423. The van der Waals surface area contributed by atoms with Gasteiger partial charge in [0, 0.05) is 12.8 Å². The number of rotatable bonds is 8. The molecule has 0 heterocycles. The first-order chi connectivity index (χ1) is 6.83. The predicted molar refractivity (Wildman–Crippen MR) is 60.2 cm³/mol. The van der Waals surface area contributed by atoms with E-state index in [1.54, 1.807) is 0 Å². The van der Waals surface area contributed by atoms with E-state index in [0.717, 1.165) is 31.6 Å². The van der Waals surface area contributed by atoms with E-state index in [0.29, 0.717) is 5.78 Å². The van der Waals surface area contributed by atoms with E-state index >= 15 is 0 Å². The fourth-order valence-electron chi connectivity index (χ4n) is 1.91. The van der Waals surface area contributed by atoms with E-state index in [9.17, 15) is 4.79 Å². The summed E-state index contributed by atoms with van der Waals surface area (Å²) in [6.07, 6.45) is 12.1. The zero-order valence-corrected chi connectivity index (χ0v) is 9.13. The van der Waals surface area contributed by atoms with Crippen molar-refractivity contribution in [1.82, 2.24) is 0 Å². The van der Waals surface area contributed by atoms with Crippen molar-refractivity contribution >= 4 is 5.78 Å². The van der Waals surface area contributed by atoms with Gasteiger partial charge in [0.15, 0.2) is 0 Å². The smallest absolute Gasteiger partial charge is 0.133 e. The van der Waals surface area contributed by atoms with Crippen LogP contribution in [0.25, 0.3) is 0 Å². The van der Waals surface area contributed by atoms with Crippen molar-refractivity contribution in [2.24, 2.45) is 5.92 Å². The zero-order chi connectivity index (χ0) is 10.2. The Bertz CT molecular complexity index is 180. The summed E-state index contributed by atoms with van der Waals surface area (Å²) >= 11 is 0. The number of hydrogen-bond acceptors (Lipinski definition) is 1. The number of Topliss-reactive ketones (excluding diaryl/α,β-unsaturated/α-hetero) is 1. The first-order valence-corrected chi connectivity index (χ1v) is 5.95. The summed E-state index contributed by atoms with van der Waals surface area (Å²) in [4.78, 5) is 11.5. The lowest BCUT2D eigenvalue weighted by molar-refractivity contribution is -0.120. The van der Waals surface area contributed by atoms with Crippen molar-refractivity contribution in [3.05, 3.63) is 12.7 Å². The fraction of sp³-hybridized carbons (Fsp3) is 0.769. The molecule has 0 amide bonds. The summed E-state index contributed by atoms with van der Waals surface area (Å²) < 4.78 is 0. The second kappa shape index (κ2) is 6.80. The van der Waals surface area contributed by atoms with Crippen LogP contribution in [0.2, 0.25) is 0 Å². The van der Waals surface area contributed by atoms with Gasteiger partial charge in [0.05, 0.1) is 0 Å². The average Bonchev–Trinajstić information content (AvgIpc) is 2.11. The van der Waals surface area contributed by atoms with Crippen LogP contribution >= 0.6 is 0 Å². The maximum absolute atomic E-state index is 11.5. The molecule has 0 radical (unpaired) electrons. The molecular formula is C13H22O. The third-order valence-electron chi connectivity index (χ3n) is 3.10. The van der Waals surface area contributed by atoms with Gasteiger partial charge in [-0.25, -0.2) is 0 Å². The van der Waals surface area contributed by atoms with E-state index in [-0.39, 0.29) is 0 Å². The van der Waals surface area contributed by atoms with Crippen LogP contribution in [0.15, 0.2) is 12.7 Å². The Kier molecular flexibility index (Phi) is 5.58. The molecule has 80 valence electrons. The number of ketones is 1. The maximum Gasteiger partial charge on any atom is 0.133 e. The van der Waals surface area contributed by atoms with Gasteiger partial charge in [-0.05, 0) is 25.2 Å². The lowest BCUT2D eigenvalue weighted by atomic mass is 9.81. The maximum atomic E-state index is 11.5. The SMILES string of the molecule is C=CCCCCCC(=O)CC1CCC1. The molecule has 1 fully saturated rings. The molecule has 14 heavy (non-hydrogen) atoms. The van der Waals surface area contributed by atoms with Crippen molar-refractivity contribution in [1.29, 1.82) is 0 Å². The minimum absolute atomic E-state index is 0.494. The highest BCUT2D eigenvalue weighted by atomic mass is 16.1.